The summed E-state index contributed by atoms with van der Waals surface area (Å²) < 4.78 is 39.4. The lowest BCUT2D eigenvalue weighted by Gasteiger charge is -2.19. The number of nitrogens with one attached hydrogen (secondary N) is 2. The average Bonchev–Trinajstić information content (AvgIpc) is 3.28. The quantitative estimate of drug-likeness (QED) is 0.823. The molecule has 0 atom stereocenters. The van der Waals surface area contributed by atoms with E-state index >= 15 is 0 Å². The van der Waals surface area contributed by atoms with Crippen LogP contribution in [0, 0.1) is 16.1 Å². The number of rotatable bonds is 2. The summed E-state index contributed by atoms with van der Waals surface area (Å²) in [6.45, 7) is 0. The van der Waals surface area contributed by atoms with Crippen LogP contribution in [0.4, 0.5) is 13.2 Å². The Kier molecular flexibility index (Phi) is 3.41. The van der Waals surface area contributed by atoms with Crippen LogP contribution in [0.1, 0.15) is 24.0 Å². The molecule has 4 nitrogen and oxygen atoms in total. The summed E-state index contributed by atoms with van der Waals surface area (Å²) in [6, 6.07) is 7.46. The Bertz CT molecular complexity index is 915. The van der Waals surface area contributed by atoms with E-state index in [4.69, 9.17) is 17.5 Å². The molecule has 1 aliphatic rings. The molecule has 23 heavy (non-hydrogen) atoms. The summed E-state index contributed by atoms with van der Waals surface area (Å²) in [5, 5.41) is 9.08. The fourth-order valence-corrected chi connectivity index (χ4v) is 2.82. The Morgan fingerprint density at radius 1 is 1.17 bits per heavy atom. The van der Waals surface area contributed by atoms with E-state index in [1.54, 1.807) is 6.07 Å². The maximum Gasteiger partial charge on any atom is 0.398 e. The van der Waals surface area contributed by atoms with Gasteiger partial charge in [0.25, 0.3) is 5.56 Å². The van der Waals surface area contributed by atoms with Crippen molar-refractivity contribution >= 4 is 12.2 Å². The van der Waals surface area contributed by atoms with Gasteiger partial charge in [0.15, 0.2) is 4.77 Å². The minimum Gasteiger partial charge on any atom is -0.331 e. The second kappa shape index (κ2) is 5.06. The van der Waals surface area contributed by atoms with Crippen LogP contribution in [0.2, 0.25) is 0 Å². The van der Waals surface area contributed by atoms with Crippen molar-refractivity contribution in [3.8, 4) is 17.3 Å². The normalized spacial score (nSPS) is 15.9. The van der Waals surface area contributed by atoms with E-state index in [2.05, 4.69) is 9.97 Å². The highest BCUT2D eigenvalue weighted by Gasteiger charge is 2.64. The molecule has 1 fully saturated rings. The SMILES string of the molecule is N#Cc1c(-c2ccc(C3(C(F)(F)F)CC3)cc2)[nH]c(=S)[nH]c1=O. The molecule has 0 aliphatic heterocycles. The third kappa shape index (κ3) is 2.47. The zero-order valence-corrected chi connectivity index (χ0v) is 12.4. The number of halogens is 3. The smallest absolute Gasteiger partial charge is 0.331 e. The van der Waals surface area contributed by atoms with Crippen LogP contribution in [-0.2, 0) is 5.41 Å². The monoisotopic (exact) mass is 337 g/mol. The molecule has 0 spiro atoms. The highest BCUT2D eigenvalue weighted by atomic mass is 32.1. The highest BCUT2D eigenvalue weighted by molar-refractivity contribution is 7.71. The average molecular weight is 337 g/mol. The largest absolute Gasteiger partial charge is 0.398 e. The Hall–Kier alpha value is -2.40. The molecule has 3 rings (SSSR count). The minimum atomic E-state index is -4.28. The summed E-state index contributed by atoms with van der Waals surface area (Å²) >= 11 is 4.87. The molecule has 0 radical (unpaired) electrons. The van der Waals surface area contributed by atoms with E-state index in [9.17, 15) is 18.0 Å². The minimum absolute atomic E-state index is 0.0435. The van der Waals surface area contributed by atoms with Crippen molar-refractivity contribution in [3.63, 3.8) is 0 Å². The van der Waals surface area contributed by atoms with Crippen molar-refractivity contribution in [2.24, 2.45) is 0 Å². The van der Waals surface area contributed by atoms with E-state index < -0.39 is 17.2 Å². The van der Waals surface area contributed by atoms with Gasteiger partial charge in [0.05, 0.1) is 11.1 Å². The maximum atomic E-state index is 13.1. The molecule has 1 aromatic carbocycles. The lowest BCUT2D eigenvalue weighted by atomic mass is 9.93. The molecule has 2 aromatic rings. The molecule has 0 amide bonds. The first-order valence-electron chi connectivity index (χ1n) is 6.73. The van der Waals surface area contributed by atoms with Crippen LogP contribution in [0.25, 0.3) is 11.3 Å². The molecule has 0 unspecified atom stereocenters. The number of nitriles is 1. The van der Waals surface area contributed by atoms with E-state index in [0.29, 0.717) is 5.56 Å². The predicted octanol–water partition coefficient (Wildman–Crippen LogP) is 3.57. The third-order valence-corrected chi connectivity index (χ3v) is 4.28. The zero-order valence-electron chi connectivity index (χ0n) is 11.6. The molecule has 118 valence electrons. The van der Waals surface area contributed by atoms with Crippen molar-refractivity contribution in [2.45, 2.75) is 24.4 Å². The van der Waals surface area contributed by atoms with Gasteiger partial charge in [-0.2, -0.15) is 18.4 Å². The Morgan fingerprint density at radius 3 is 2.26 bits per heavy atom. The first-order chi connectivity index (χ1) is 10.8. The fourth-order valence-electron chi connectivity index (χ4n) is 2.63. The number of benzene rings is 1. The lowest BCUT2D eigenvalue weighted by molar-refractivity contribution is -0.160. The van der Waals surface area contributed by atoms with E-state index in [1.807, 2.05) is 0 Å². The van der Waals surface area contributed by atoms with Gasteiger partial charge in [-0.1, -0.05) is 24.3 Å². The number of H-pyrrole nitrogens is 2. The second-order valence-corrected chi connectivity index (χ2v) is 5.84. The predicted molar refractivity (Wildman–Crippen MR) is 79.4 cm³/mol. The van der Waals surface area contributed by atoms with Gasteiger partial charge in [-0.15, -0.1) is 0 Å². The van der Waals surface area contributed by atoms with Gasteiger partial charge in [0.2, 0.25) is 0 Å². The summed E-state index contributed by atoms with van der Waals surface area (Å²) in [7, 11) is 0. The van der Waals surface area contributed by atoms with Crippen molar-refractivity contribution in [1.29, 1.82) is 5.26 Å². The van der Waals surface area contributed by atoms with Crippen LogP contribution in [0.3, 0.4) is 0 Å². The molecular formula is C15H10F3N3OS. The van der Waals surface area contributed by atoms with E-state index in [1.165, 1.54) is 24.3 Å². The van der Waals surface area contributed by atoms with Crippen molar-refractivity contribution in [3.05, 3.63) is 50.5 Å². The molecule has 0 bridgehead atoms. The van der Waals surface area contributed by atoms with Gasteiger partial charge >= 0.3 is 6.18 Å². The summed E-state index contributed by atoms with van der Waals surface area (Å²) in [5.74, 6) is 0. The van der Waals surface area contributed by atoms with Crippen molar-refractivity contribution in [1.82, 2.24) is 9.97 Å². The van der Waals surface area contributed by atoms with Gasteiger partial charge < -0.3 is 4.98 Å². The van der Waals surface area contributed by atoms with Crippen LogP contribution in [0.15, 0.2) is 29.1 Å². The van der Waals surface area contributed by atoms with Gasteiger partial charge in [-0.3, -0.25) is 9.78 Å². The summed E-state index contributed by atoms with van der Waals surface area (Å²) in [6.07, 6.45) is -4.13. The van der Waals surface area contributed by atoms with Crippen molar-refractivity contribution < 1.29 is 13.2 Å². The maximum absolute atomic E-state index is 13.1. The molecule has 1 heterocycles. The molecule has 2 N–H and O–H groups in total. The number of aromatic nitrogens is 2. The molecule has 0 saturated heterocycles. The third-order valence-electron chi connectivity index (χ3n) is 4.07. The van der Waals surface area contributed by atoms with Gasteiger partial charge in [0, 0.05) is 0 Å². The first-order valence-corrected chi connectivity index (χ1v) is 7.14. The van der Waals surface area contributed by atoms with Crippen molar-refractivity contribution in [2.75, 3.05) is 0 Å². The van der Waals surface area contributed by atoms with Gasteiger partial charge in [0.1, 0.15) is 11.6 Å². The molecule has 1 aliphatic carbocycles. The van der Waals surface area contributed by atoms with E-state index in [0.717, 1.165) is 0 Å². The summed E-state index contributed by atoms with van der Waals surface area (Å²) in [4.78, 5) is 16.7. The Labute approximate surface area is 133 Å². The Balaban J connectivity index is 2.07. The van der Waals surface area contributed by atoms with Gasteiger partial charge in [-0.05, 0) is 36.2 Å². The van der Waals surface area contributed by atoms with Crippen LogP contribution in [-0.4, -0.2) is 16.1 Å². The summed E-state index contributed by atoms with van der Waals surface area (Å²) in [5.41, 5.74) is -1.74. The van der Waals surface area contributed by atoms with Gasteiger partial charge in [-0.25, -0.2) is 0 Å². The second-order valence-electron chi connectivity index (χ2n) is 5.43. The number of aromatic amines is 2. The van der Waals surface area contributed by atoms with E-state index in [-0.39, 0.29) is 34.4 Å². The standard InChI is InChI=1S/C15H10F3N3OS/c16-15(17,18)14(5-6-14)9-3-1-8(2-4-9)11-10(7-19)12(22)21-13(23)20-11/h1-4H,5-6H2,(H2,20,21,22,23). The first kappa shape index (κ1) is 15.5. The van der Waals surface area contributed by atoms with Crippen LogP contribution in [0.5, 0.6) is 0 Å². The number of hydrogen-bond donors (Lipinski definition) is 2. The zero-order chi connectivity index (χ0) is 16.8. The molecule has 8 heteroatoms. The fraction of sp³-hybridized carbons (Fsp3) is 0.267. The number of nitrogens with zero attached hydrogens (tertiary/aromatic N) is 1. The number of alkyl halides is 3. The molecule has 1 aromatic heterocycles. The lowest BCUT2D eigenvalue weighted by Crippen LogP contribution is -2.28. The molecule has 1 saturated carbocycles. The van der Waals surface area contributed by atoms with Crippen LogP contribution >= 0.6 is 12.2 Å². The number of hydrogen-bond acceptors (Lipinski definition) is 3. The topological polar surface area (TPSA) is 72.4 Å². The molecular weight excluding hydrogens is 327 g/mol. The van der Waals surface area contributed by atoms with Crippen LogP contribution < -0.4 is 5.56 Å². The highest BCUT2D eigenvalue weighted by Crippen LogP contribution is 2.58. The Morgan fingerprint density at radius 2 is 1.78 bits per heavy atom.